The van der Waals surface area contributed by atoms with Crippen molar-refractivity contribution in [3.8, 4) is 5.75 Å². The molecule has 14 heavy (non-hydrogen) atoms. The average Bonchev–Trinajstić information content (AvgIpc) is 2.47. The third-order valence-electron chi connectivity index (χ3n) is 1.75. The summed E-state index contributed by atoms with van der Waals surface area (Å²) in [5, 5.41) is 1.28. The third kappa shape index (κ3) is 1.59. The molecular weight excluding hydrogens is 204 g/mol. The van der Waals surface area contributed by atoms with E-state index in [4.69, 9.17) is 20.8 Å². The van der Waals surface area contributed by atoms with Gasteiger partial charge in [0.15, 0.2) is 5.75 Å². The monoisotopic (exact) mass is 210 g/mol. The summed E-state index contributed by atoms with van der Waals surface area (Å²) in [6, 6.07) is 5.13. The van der Waals surface area contributed by atoms with Gasteiger partial charge in [-0.3, -0.25) is 4.79 Å². The maximum atomic E-state index is 10.7. The topological polar surface area (TPSA) is 39.4 Å². The van der Waals surface area contributed by atoms with Gasteiger partial charge in [-0.2, -0.15) is 0 Å². The molecule has 0 bridgehead atoms. The van der Waals surface area contributed by atoms with Crippen molar-refractivity contribution in [3.63, 3.8) is 0 Å². The number of ether oxygens (including phenoxy) is 1. The van der Waals surface area contributed by atoms with Gasteiger partial charge in [0.1, 0.15) is 11.8 Å². The van der Waals surface area contributed by atoms with E-state index in [0.717, 1.165) is 0 Å². The highest BCUT2D eigenvalue weighted by molar-refractivity contribution is 6.31. The molecule has 1 aromatic carbocycles. The molecule has 0 aliphatic carbocycles. The molecule has 0 saturated carbocycles. The van der Waals surface area contributed by atoms with E-state index in [9.17, 15) is 4.79 Å². The first-order valence-corrected chi connectivity index (χ1v) is 4.40. The lowest BCUT2D eigenvalue weighted by Crippen LogP contribution is -2.00. The average molecular weight is 211 g/mol. The molecule has 3 nitrogen and oxygen atoms in total. The van der Waals surface area contributed by atoms with Crippen LogP contribution in [0.4, 0.5) is 0 Å². The zero-order chi connectivity index (χ0) is 10.1. The molecule has 0 aliphatic heterocycles. The van der Waals surface area contributed by atoms with Crippen molar-refractivity contribution in [3.05, 3.63) is 29.5 Å². The van der Waals surface area contributed by atoms with Gasteiger partial charge in [-0.25, -0.2) is 0 Å². The van der Waals surface area contributed by atoms with E-state index in [0.29, 0.717) is 21.7 Å². The van der Waals surface area contributed by atoms with Gasteiger partial charge in [0.25, 0.3) is 0 Å². The van der Waals surface area contributed by atoms with Crippen LogP contribution in [0.5, 0.6) is 5.75 Å². The number of rotatable bonds is 1. The second kappa shape index (κ2) is 3.35. The van der Waals surface area contributed by atoms with E-state index in [1.54, 1.807) is 18.2 Å². The Morgan fingerprint density at radius 1 is 1.50 bits per heavy atom. The lowest BCUT2D eigenvalue weighted by molar-refractivity contribution is -0.131. The number of halogens is 1. The van der Waals surface area contributed by atoms with Crippen LogP contribution in [-0.4, -0.2) is 5.97 Å². The predicted octanol–water partition coefficient (Wildman–Crippen LogP) is 3.01. The fraction of sp³-hybridized carbons (Fsp3) is 0.100. The van der Waals surface area contributed by atoms with Crippen molar-refractivity contribution in [2.45, 2.75) is 6.92 Å². The second-order valence-corrected chi connectivity index (χ2v) is 3.27. The first kappa shape index (κ1) is 9.09. The smallest absolute Gasteiger partial charge is 0.308 e. The fourth-order valence-electron chi connectivity index (χ4n) is 1.21. The SMILES string of the molecule is CC(=O)Oc1coc2ccc(Cl)cc12. The standard InChI is InChI=1S/C10H7ClO3/c1-6(12)14-10-5-13-9-3-2-7(11)4-8(9)10/h2-5H,1H3. The molecule has 0 unspecified atom stereocenters. The van der Waals surface area contributed by atoms with Crippen LogP contribution in [-0.2, 0) is 4.79 Å². The van der Waals surface area contributed by atoms with Crippen LogP contribution in [0, 0.1) is 0 Å². The molecule has 0 atom stereocenters. The molecule has 1 heterocycles. The molecule has 0 saturated heterocycles. The van der Waals surface area contributed by atoms with Gasteiger partial charge in [0, 0.05) is 11.9 Å². The summed E-state index contributed by atoms with van der Waals surface area (Å²) in [4.78, 5) is 10.7. The Labute approximate surface area is 85.2 Å². The van der Waals surface area contributed by atoms with E-state index in [1.165, 1.54) is 13.2 Å². The maximum absolute atomic E-state index is 10.7. The number of esters is 1. The predicted molar refractivity (Wildman–Crippen MR) is 52.5 cm³/mol. The summed E-state index contributed by atoms with van der Waals surface area (Å²) in [7, 11) is 0. The Bertz CT molecular complexity index is 487. The summed E-state index contributed by atoms with van der Waals surface area (Å²) in [6.07, 6.45) is 1.39. The molecule has 1 aromatic heterocycles. The van der Waals surface area contributed by atoms with Crippen LogP contribution >= 0.6 is 11.6 Å². The van der Waals surface area contributed by atoms with E-state index < -0.39 is 0 Å². The fourth-order valence-corrected chi connectivity index (χ4v) is 1.38. The summed E-state index contributed by atoms with van der Waals surface area (Å²) >= 11 is 5.80. The Balaban J connectivity index is 2.55. The molecule has 0 aliphatic rings. The minimum Gasteiger partial charge on any atom is -0.460 e. The minimum atomic E-state index is -0.382. The molecule has 72 valence electrons. The Hall–Kier alpha value is -1.48. The van der Waals surface area contributed by atoms with Gasteiger partial charge in [-0.15, -0.1) is 0 Å². The summed E-state index contributed by atoms with van der Waals surface area (Å²) < 4.78 is 10.1. The Morgan fingerprint density at radius 2 is 2.29 bits per heavy atom. The van der Waals surface area contributed by atoms with E-state index in [2.05, 4.69) is 0 Å². The van der Waals surface area contributed by atoms with E-state index in [1.807, 2.05) is 0 Å². The van der Waals surface area contributed by atoms with E-state index >= 15 is 0 Å². The molecule has 4 heteroatoms. The van der Waals surface area contributed by atoms with Gasteiger partial charge >= 0.3 is 5.97 Å². The molecule has 0 amide bonds. The van der Waals surface area contributed by atoms with Gasteiger partial charge in [-0.05, 0) is 18.2 Å². The largest absolute Gasteiger partial charge is 0.460 e. The normalized spacial score (nSPS) is 10.4. The highest BCUT2D eigenvalue weighted by Crippen LogP contribution is 2.30. The highest BCUT2D eigenvalue weighted by atomic mass is 35.5. The molecular formula is C10H7ClO3. The summed E-state index contributed by atoms with van der Waals surface area (Å²) in [5.41, 5.74) is 0.644. The number of furan rings is 1. The number of carbonyl (C=O) groups excluding carboxylic acids is 1. The first-order chi connectivity index (χ1) is 6.66. The van der Waals surface area contributed by atoms with Gasteiger partial charge in [0.2, 0.25) is 0 Å². The Kier molecular flexibility index (Phi) is 2.17. The molecule has 0 fully saturated rings. The zero-order valence-corrected chi connectivity index (χ0v) is 8.17. The van der Waals surface area contributed by atoms with Crippen LogP contribution in [0.25, 0.3) is 11.0 Å². The molecule has 2 rings (SSSR count). The maximum Gasteiger partial charge on any atom is 0.308 e. The van der Waals surface area contributed by atoms with Crippen molar-refractivity contribution >= 4 is 28.5 Å². The first-order valence-electron chi connectivity index (χ1n) is 4.02. The van der Waals surface area contributed by atoms with Crippen molar-refractivity contribution in [2.24, 2.45) is 0 Å². The summed E-state index contributed by atoms with van der Waals surface area (Å²) in [6.45, 7) is 1.34. The third-order valence-corrected chi connectivity index (χ3v) is 1.99. The number of hydrogen-bond acceptors (Lipinski definition) is 3. The molecule has 2 aromatic rings. The van der Waals surface area contributed by atoms with Crippen LogP contribution < -0.4 is 4.74 Å². The van der Waals surface area contributed by atoms with Crippen LogP contribution in [0.1, 0.15) is 6.92 Å². The number of carbonyl (C=O) groups is 1. The Morgan fingerprint density at radius 3 is 3.00 bits per heavy atom. The quantitative estimate of drug-likeness (QED) is 0.680. The molecule has 0 N–H and O–H groups in total. The van der Waals surface area contributed by atoms with Crippen molar-refractivity contribution in [1.82, 2.24) is 0 Å². The van der Waals surface area contributed by atoms with Crippen molar-refractivity contribution < 1.29 is 13.9 Å². The van der Waals surface area contributed by atoms with Crippen LogP contribution in [0.2, 0.25) is 5.02 Å². The summed E-state index contributed by atoms with van der Waals surface area (Å²) in [5.74, 6) is 0.0164. The lowest BCUT2D eigenvalue weighted by atomic mass is 10.2. The van der Waals surface area contributed by atoms with E-state index in [-0.39, 0.29) is 5.97 Å². The molecule has 0 spiro atoms. The van der Waals surface area contributed by atoms with Gasteiger partial charge in [-0.1, -0.05) is 11.6 Å². The van der Waals surface area contributed by atoms with Crippen molar-refractivity contribution in [2.75, 3.05) is 0 Å². The van der Waals surface area contributed by atoms with Crippen LogP contribution in [0.15, 0.2) is 28.9 Å². The number of hydrogen-bond donors (Lipinski definition) is 0. The van der Waals surface area contributed by atoms with Crippen molar-refractivity contribution in [1.29, 1.82) is 0 Å². The highest BCUT2D eigenvalue weighted by Gasteiger charge is 2.08. The lowest BCUT2D eigenvalue weighted by Gasteiger charge is -1.96. The number of benzene rings is 1. The number of fused-ring (bicyclic) bond motifs is 1. The molecule has 0 radical (unpaired) electrons. The van der Waals surface area contributed by atoms with Crippen LogP contribution in [0.3, 0.4) is 0 Å². The van der Waals surface area contributed by atoms with Gasteiger partial charge in [0.05, 0.1) is 5.39 Å². The minimum absolute atomic E-state index is 0.382. The second-order valence-electron chi connectivity index (χ2n) is 2.83. The zero-order valence-electron chi connectivity index (χ0n) is 7.41. The van der Waals surface area contributed by atoms with Gasteiger partial charge < -0.3 is 9.15 Å².